The number of rotatable bonds is 10. The molecule has 0 aliphatic carbocycles. The summed E-state index contributed by atoms with van der Waals surface area (Å²) in [5.74, 6) is -3.06. The summed E-state index contributed by atoms with van der Waals surface area (Å²) >= 11 is 0. The van der Waals surface area contributed by atoms with E-state index in [1.54, 1.807) is 6.20 Å². The average Bonchev–Trinajstić information content (AvgIpc) is 3.08. The summed E-state index contributed by atoms with van der Waals surface area (Å²) in [5.41, 5.74) is 12.3. The second-order valence-electron chi connectivity index (χ2n) is 6.80. The van der Waals surface area contributed by atoms with Crippen molar-refractivity contribution in [1.82, 2.24) is 15.6 Å². The third-order valence-corrected chi connectivity index (χ3v) is 4.50. The minimum absolute atomic E-state index is 0.0494. The second-order valence-corrected chi connectivity index (χ2v) is 6.80. The van der Waals surface area contributed by atoms with Crippen LogP contribution in [0.15, 0.2) is 30.5 Å². The summed E-state index contributed by atoms with van der Waals surface area (Å²) in [5, 5.41) is 15.2. The molecule has 10 heteroatoms. The van der Waals surface area contributed by atoms with Crippen molar-refractivity contribution in [2.45, 2.75) is 44.3 Å². The molecule has 3 unspecified atom stereocenters. The van der Waals surface area contributed by atoms with Gasteiger partial charge in [0.25, 0.3) is 0 Å². The van der Waals surface area contributed by atoms with E-state index in [-0.39, 0.29) is 19.3 Å². The van der Waals surface area contributed by atoms with Crippen LogP contribution in [0, 0.1) is 0 Å². The van der Waals surface area contributed by atoms with Crippen molar-refractivity contribution in [2.24, 2.45) is 11.5 Å². The lowest BCUT2D eigenvalue weighted by molar-refractivity contribution is -0.142. The molecule has 156 valence electrons. The molecule has 3 atom stereocenters. The molecule has 0 fully saturated rings. The van der Waals surface area contributed by atoms with E-state index in [4.69, 9.17) is 11.5 Å². The van der Waals surface area contributed by atoms with E-state index in [0.717, 1.165) is 16.5 Å². The number of hydrogen-bond donors (Lipinski definition) is 6. The molecule has 1 aromatic carbocycles. The SMILES string of the molecule is CC(NC(=O)C(N)CCC(N)=O)C(=O)NC(Cc1c[nH]c2ccccc12)C(=O)O. The van der Waals surface area contributed by atoms with Crippen LogP contribution in [-0.2, 0) is 25.6 Å². The molecule has 1 heterocycles. The first-order valence-electron chi connectivity index (χ1n) is 9.11. The van der Waals surface area contributed by atoms with E-state index in [0.29, 0.717) is 0 Å². The van der Waals surface area contributed by atoms with Gasteiger partial charge in [-0.25, -0.2) is 4.79 Å². The fourth-order valence-electron chi connectivity index (χ4n) is 2.83. The Morgan fingerprint density at radius 3 is 2.48 bits per heavy atom. The molecule has 8 N–H and O–H groups in total. The summed E-state index contributed by atoms with van der Waals surface area (Å²) in [6, 6.07) is 4.24. The van der Waals surface area contributed by atoms with Crippen molar-refractivity contribution in [1.29, 1.82) is 0 Å². The van der Waals surface area contributed by atoms with E-state index in [1.165, 1.54) is 6.92 Å². The van der Waals surface area contributed by atoms with E-state index in [2.05, 4.69) is 15.6 Å². The smallest absolute Gasteiger partial charge is 0.326 e. The van der Waals surface area contributed by atoms with Gasteiger partial charge in [-0.05, 0) is 25.0 Å². The average molecular weight is 403 g/mol. The minimum atomic E-state index is -1.19. The first kappa shape index (κ1) is 21.9. The molecule has 1 aromatic heterocycles. The molecular weight excluding hydrogens is 378 g/mol. The zero-order valence-electron chi connectivity index (χ0n) is 16.0. The number of carbonyl (C=O) groups is 4. The Morgan fingerprint density at radius 2 is 1.83 bits per heavy atom. The zero-order chi connectivity index (χ0) is 21.6. The highest BCUT2D eigenvalue weighted by Crippen LogP contribution is 2.19. The number of nitrogens with one attached hydrogen (secondary N) is 3. The number of amides is 3. The molecule has 2 aromatic rings. The number of aliphatic carboxylic acids is 1. The fraction of sp³-hybridized carbons (Fsp3) is 0.368. The van der Waals surface area contributed by atoms with Gasteiger partial charge in [0.05, 0.1) is 6.04 Å². The van der Waals surface area contributed by atoms with Gasteiger partial charge in [0.2, 0.25) is 17.7 Å². The number of aromatic nitrogens is 1. The Bertz CT molecular complexity index is 909. The van der Waals surface area contributed by atoms with Gasteiger partial charge in [0, 0.05) is 29.9 Å². The van der Waals surface area contributed by atoms with Crippen LogP contribution in [-0.4, -0.2) is 51.9 Å². The zero-order valence-corrected chi connectivity index (χ0v) is 16.0. The highest BCUT2D eigenvalue weighted by atomic mass is 16.4. The van der Waals surface area contributed by atoms with Crippen LogP contribution in [0.1, 0.15) is 25.3 Å². The summed E-state index contributed by atoms with van der Waals surface area (Å²) < 4.78 is 0. The number of carbonyl (C=O) groups excluding carboxylic acids is 3. The lowest BCUT2D eigenvalue weighted by atomic mass is 10.0. The first-order valence-corrected chi connectivity index (χ1v) is 9.11. The van der Waals surface area contributed by atoms with Gasteiger partial charge in [0.15, 0.2) is 0 Å². The fourth-order valence-corrected chi connectivity index (χ4v) is 2.83. The number of H-pyrrole nitrogens is 1. The third-order valence-electron chi connectivity index (χ3n) is 4.50. The number of primary amides is 1. The van der Waals surface area contributed by atoms with Gasteiger partial charge in [0.1, 0.15) is 12.1 Å². The van der Waals surface area contributed by atoms with Crippen molar-refractivity contribution in [3.05, 3.63) is 36.0 Å². The lowest BCUT2D eigenvalue weighted by Crippen LogP contribution is -2.53. The summed E-state index contributed by atoms with van der Waals surface area (Å²) in [4.78, 5) is 49.8. The number of benzene rings is 1. The van der Waals surface area contributed by atoms with Crippen molar-refractivity contribution < 1.29 is 24.3 Å². The van der Waals surface area contributed by atoms with Gasteiger partial charge < -0.3 is 32.2 Å². The largest absolute Gasteiger partial charge is 0.480 e. The Morgan fingerprint density at radius 1 is 1.14 bits per heavy atom. The number of carboxylic acid groups (broad SMARTS) is 1. The number of carboxylic acids is 1. The molecule has 10 nitrogen and oxygen atoms in total. The number of hydrogen-bond acceptors (Lipinski definition) is 5. The molecule has 3 amide bonds. The number of fused-ring (bicyclic) bond motifs is 1. The van der Waals surface area contributed by atoms with Gasteiger partial charge in [-0.2, -0.15) is 0 Å². The molecule has 0 saturated heterocycles. The third kappa shape index (κ3) is 6.04. The Hall–Kier alpha value is -3.40. The quantitative estimate of drug-likeness (QED) is 0.307. The van der Waals surface area contributed by atoms with Crippen LogP contribution >= 0.6 is 0 Å². The molecule has 0 radical (unpaired) electrons. The molecule has 0 bridgehead atoms. The van der Waals surface area contributed by atoms with E-state index >= 15 is 0 Å². The molecular formula is C19H25N5O5. The molecule has 2 rings (SSSR count). The maximum Gasteiger partial charge on any atom is 0.326 e. The first-order chi connectivity index (χ1) is 13.7. The van der Waals surface area contributed by atoms with Crippen LogP contribution in [0.25, 0.3) is 10.9 Å². The number of para-hydroxylation sites is 1. The predicted molar refractivity (Wildman–Crippen MR) is 106 cm³/mol. The predicted octanol–water partition coefficient (Wildman–Crippen LogP) is -0.623. The van der Waals surface area contributed by atoms with E-state index < -0.39 is 41.8 Å². The van der Waals surface area contributed by atoms with E-state index in [1.807, 2.05) is 24.3 Å². The monoisotopic (exact) mass is 403 g/mol. The second kappa shape index (κ2) is 9.69. The molecule has 0 spiro atoms. The lowest BCUT2D eigenvalue weighted by Gasteiger charge is -2.20. The van der Waals surface area contributed by atoms with Crippen LogP contribution in [0.2, 0.25) is 0 Å². The highest BCUT2D eigenvalue weighted by molar-refractivity contribution is 5.92. The Balaban J connectivity index is 1.97. The van der Waals surface area contributed by atoms with Crippen molar-refractivity contribution >= 4 is 34.6 Å². The summed E-state index contributed by atoms with van der Waals surface area (Å²) in [6.07, 6.45) is 1.77. The highest BCUT2D eigenvalue weighted by Gasteiger charge is 2.26. The van der Waals surface area contributed by atoms with Crippen LogP contribution in [0.4, 0.5) is 0 Å². The maximum absolute atomic E-state index is 12.4. The van der Waals surface area contributed by atoms with Gasteiger partial charge in [-0.1, -0.05) is 18.2 Å². The number of nitrogens with two attached hydrogens (primary N) is 2. The Labute approximate surface area is 167 Å². The van der Waals surface area contributed by atoms with Crippen LogP contribution in [0.5, 0.6) is 0 Å². The molecule has 0 saturated carbocycles. The minimum Gasteiger partial charge on any atom is -0.480 e. The molecule has 0 aliphatic heterocycles. The molecule has 29 heavy (non-hydrogen) atoms. The van der Waals surface area contributed by atoms with Crippen molar-refractivity contribution in [3.63, 3.8) is 0 Å². The maximum atomic E-state index is 12.4. The van der Waals surface area contributed by atoms with Gasteiger partial charge in [-0.15, -0.1) is 0 Å². The van der Waals surface area contributed by atoms with E-state index in [9.17, 15) is 24.3 Å². The summed E-state index contributed by atoms with van der Waals surface area (Å²) in [7, 11) is 0. The van der Waals surface area contributed by atoms with Crippen molar-refractivity contribution in [3.8, 4) is 0 Å². The van der Waals surface area contributed by atoms with Gasteiger partial charge in [-0.3, -0.25) is 14.4 Å². The molecule has 0 aliphatic rings. The summed E-state index contributed by atoms with van der Waals surface area (Å²) in [6.45, 7) is 1.42. The number of aromatic amines is 1. The Kier molecular flexibility index (Phi) is 7.32. The normalized spacial score (nSPS) is 14.0. The van der Waals surface area contributed by atoms with Crippen molar-refractivity contribution in [2.75, 3.05) is 0 Å². The van der Waals surface area contributed by atoms with Gasteiger partial charge >= 0.3 is 5.97 Å². The standard InChI is InChI=1S/C19H25N5O5/c1-10(23-18(27)13(20)6-7-16(21)25)17(26)24-15(19(28)29)8-11-9-22-14-5-3-2-4-12(11)14/h2-5,9-10,13,15,22H,6-8,20H2,1H3,(H2,21,25)(H,23,27)(H,24,26)(H,28,29). The van der Waals surface area contributed by atoms with Crippen LogP contribution < -0.4 is 22.1 Å². The topological polar surface area (TPSA) is 180 Å². The van der Waals surface area contributed by atoms with Crippen LogP contribution in [0.3, 0.4) is 0 Å².